The second kappa shape index (κ2) is 5.03. The van der Waals surface area contributed by atoms with Gasteiger partial charge in [0, 0.05) is 4.90 Å². The monoisotopic (exact) mass is 232 g/mol. The summed E-state index contributed by atoms with van der Waals surface area (Å²) in [6.07, 6.45) is 0. The summed E-state index contributed by atoms with van der Waals surface area (Å²) in [5, 5.41) is 2.06. The number of carbonyl (C=O) groups is 1. The molecule has 2 rings (SSSR count). The number of carbonyl (C=O) groups excluding carboxylic acids is 1. The van der Waals surface area contributed by atoms with E-state index in [0.29, 0.717) is 6.61 Å². The van der Waals surface area contributed by atoms with Crippen LogP contribution in [0.25, 0.3) is 10.8 Å². The van der Waals surface area contributed by atoms with Gasteiger partial charge >= 0.3 is 5.30 Å². The van der Waals surface area contributed by atoms with Gasteiger partial charge in [-0.3, -0.25) is 0 Å². The fraction of sp³-hybridized carbons (Fsp3) is 0.154. The Labute approximate surface area is 98.6 Å². The van der Waals surface area contributed by atoms with Crippen LogP contribution in [0.1, 0.15) is 6.92 Å². The molecule has 0 unspecified atom stereocenters. The van der Waals surface area contributed by atoms with E-state index in [0.717, 1.165) is 22.0 Å². The van der Waals surface area contributed by atoms with Gasteiger partial charge in [-0.25, -0.2) is 4.79 Å². The van der Waals surface area contributed by atoms with E-state index in [4.69, 9.17) is 4.74 Å². The smallest absolute Gasteiger partial charge is 0.372 e. The summed E-state index contributed by atoms with van der Waals surface area (Å²) in [6, 6.07) is 14.0. The van der Waals surface area contributed by atoms with E-state index in [9.17, 15) is 4.79 Å². The summed E-state index contributed by atoms with van der Waals surface area (Å²) in [7, 11) is 0. The topological polar surface area (TPSA) is 26.3 Å². The van der Waals surface area contributed by atoms with Crippen LogP contribution in [0.2, 0.25) is 0 Å². The van der Waals surface area contributed by atoms with Crippen molar-refractivity contribution in [2.45, 2.75) is 11.8 Å². The maximum atomic E-state index is 11.3. The van der Waals surface area contributed by atoms with Crippen LogP contribution in [0.15, 0.2) is 47.4 Å². The fourth-order valence-electron chi connectivity index (χ4n) is 1.47. The van der Waals surface area contributed by atoms with Crippen molar-refractivity contribution >= 4 is 27.8 Å². The lowest BCUT2D eigenvalue weighted by Crippen LogP contribution is -1.95. The third-order valence-electron chi connectivity index (χ3n) is 2.18. The summed E-state index contributed by atoms with van der Waals surface area (Å²) in [5.74, 6) is 0. The Hall–Kier alpha value is -1.48. The van der Waals surface area contributed by atoms with Crippen molar-refractivity contribution in [1.82, 2.24) is 0 Å². The molecule has 82 valence electrons. The number of ether oxygens (including phenoxy) is 1. The quantitative estimate of drug-likeness (QED) is 0.576. The summed E-state index contributed by atoms with van der Waals surface area (Å²) in [6.45, 7) is 2.22. The van der Waals surface area contributed by atoms with Crippen LogP contribution in [0.4, 0.5) is 4.79 Å². The number of hydrogen-bond acceptors (Lipinski definition) is 3. The van der Waals surface area contributed by atoms with Crippen LogP contribution >= 0.6 is 11.8 Å². The first-order chi connectivity index (χ1) is 7.79. The normalized spacial score (nSPS) is 10.3. The molecule has 0 bridgehead atoms. The van der Waals surface area contributed by atoms with E-state index in [1.807, 2.05) is 42.5 Å². The van der Waals surface area contributed by atoms with Crippen molar-refractivity contribution in [2.24, 2.45) is 0 Å². The summed E-state index contributed by atoms with van der Waals surface area (Å²) in [4.78, 5) is 12.2. The van der Waals surface area contributed by atoms with E-state index in [-0.39, 0.29) is 5.30 Å². The molecule has 0 aromatic heterocycles. The lowest BCUT2D eigenvalue weighted by atomic mass is 10.1. The molecule has 16 heavy (non-hydrogen) atoms. The van der Waals surface area contributed by atoms with Gasteiger partial charge in [0.15, 0.2) is 0 Å². The predicted molar refractivity (Wildman–Crippen MR) is 66.8 cm³/mol. The zero-order chi connectivity index (χ0) is 11.4. The highest BCUT2D eigenvalue weighted by molar-refractivity contribution is 8.13. The highest BCUT2D eigenvalue weighted by atomic mass is 32.2. The molecule has 0 aliphatic rings. The average molecular weight is 232 g/mol. The highest BCUT2D eigenvalue weighted by Crippen LogP contribution is 2.24. The van der Waals surface area contributed by atoms with Crippen molar-refractivity contribution in [3.05, 3.63) is 42.5 Å². The van der Waals surface area contributed by atoms with Gasteiger partial charge in [0.2, 0.25) is 0 Å². The van der Waals surface area contributed by atoms with Crippen molar-refractivity contribution in [1.29, 1.82) is 0 Å². The molecular formula is C13H12O2S. The van der Waals surface area contributed by atoms with Crippen LogP contribution in [0.5, 0.6) is 0 Å². The van der Waals surface area contributed by atoms with E-state index in [1.165, 1.54) is 5.39 Å². The highest BCUT2D eigenvalue weighted by Gasteiger charge is 2.05. The summed E-state index contributed by atoms with van der Waals surface area (Å²) in [5.41, 5.74) is 0. The Bertz CT molecular complexity index is 508. The molecular weight excluding hydrogens is 220 g/mol. The Kier molecular flexibility index (Phi) is 3.47. The van der Waals surface area contributed by atoms with Crippen LogP contribution in [-0.4, -0.2) is 11.9 Å². The fourth-order valence-corrected chi connectivity index (χ4v) is 2.17. The molecule has 0 radical (unpaired) electrons. The van der Waals surface area contributed by atoms with Gasteiger partial charge < -0.3 is 4.74 Å². The van der Waals surface area contributed by atoms with Gasteiger partial charge in [-0.15, -0.1) is 0 Å². The van der Waals surface area contributed by atoms with Gasteiger partial charge in [-0.2, -0.15) is 0 Å². The molecule has 0 spiro atoms. The minimum atomic E-state index is -0.252. The maximum Gasteiger partial charge on any atom is 0.372 e. The third-order valence-corrected chi connectivity index (χ3v) is 2.96. The predicted octanol–water partition coefficient (Wildman–Crippen LogP) is 4.09. The Morgan fingerprint density at radius 1 is 1.19 bits per heavy atom. The van der Waals surface area contributed by atoms with Crippen molar-refractivity contribution < 1.29 is 9.53 Å². The van der Waals surface area contributed by atoms with Crippen molar-refractivity contribution in [2.75, 3.05) is 6.61 Å². The van der Waals surface area contributed by atoms with Crippen LogP contribution in [0.3, 0.4) is 0 Å². The molecule has 0 atom stereocenters. The summed E-state index contributed by atoms with van der Waals surface area (Å²) >= 11 is 1.12. The largest absolute Gasteiger partial charge is 0.458 e. The number of rotatable bonds is 2. The van der Waals surface area contributed by atoms with Gasteiger partial charge in [0.05, 0.1) is 6.61 Å². The first-order valence-electron chi connectivity index (χ1n) is 5.13. The number of hydrogen-bond donors (Lipinski definition) is 0. The lowest BCUT2D eigenvalue weighted by Gasteiger charge is -2.02. The second-order valence-electron chi connectivity index (χ2n) is 3.29. The van der Waals surface area contributed by atoms with Gasteiger partial charge in [-0.05, 0) is 41.6 Å². The molecule has 3 heteroatoms. The van der Waals surface area contributed by atoms with Gasteiger partial charge in [-0.1, -0.05) is 30.3 Å². The van der Waals surface area contributed by atoms with Gasteiger partial charge in [0.25, 0.3) is 0 Å². The van der Waals surface area contributed by atoms with Crippen LogP contribution in [0, 0.1) is 0 Å². The Morgan fingerprint density at radius 3 is 2.69 bits per heavy atom. The Morgan fingerprint density at radius 2 is 1.94 bits per heavy atom. The van der Waals surface area contributed by atoms with E-state index < -0.39 is 0 Å². The molecule has 0 N–H and O–H groups in total. The zero-order valence-corrected chi connectivity index (χ0v) is 9.79. The van der Waals surface area contributed by atoms with E-state index >= 15 is 0 Å². The molecule has 0 heterocycles. The third kappa shape index (κ3) is 2.55. The first-order valence-corrected chi connectivity index (χ1v) is 5.94. The SMILES string of the molecule is CCOC(=O)Sc1ccc2ccccc2c1. The van der Waals surface area contributed by atoms with Crippen molar-refractivity contribution in [3.63, 3.8) is 0 Å². The molecule has 2 aromatic carbocycles. The van der Waals surface area contributed by atoms with Gasteiger partial charge in [0.1, 0.15) is 0 Å². The van der Waals surface area contributed by atoms with E-state index in [1.54, 1.807) is 6.92 Å². The zero-order valence-electron chi connectivity index (χ0n) is 8.97. The molecule has 2 nitrogen and oxygen atoms in total. The molecule has 2 aromatic rings. The second-order valence-corrected chi connectivity index (χ2v) is 4.30. The molecule has 0 saturated heterocycles. The number of fused-ring (bicyclic) bond motifs is 1. The molecule has 0 aliphatic carbocycles. The minimum absolute atomic E-state index is 0.252. The van der Waals surface area contributed by atoms with Crippen LogP contribution in [-0.2, 0) is 4.74 Å². The minimum Gasteiger partial charge on any atom is -0.458 e. The van der Waals surface area contributed by atoms with Crippen molar-refractivity contribution in [3.8, 4) is 0 Å². The standard InChI is InChI=1S/C13H12O2S/c1-2-15-13(14)16-12-8-7-10-5-3-4-6-11(10)9-12/h3-9H,2H2,1H3. The van der Waals surface area contributed by atoms with Crippen LogP contribution < -0.4 is 0 Å². The van der Waals surface area contributed by atoms with E-state index in [2.05, 4.69) is 0 Å². The molecule has 0 saturated carbocycles. The lowest BCUT2D eigenvalue weighted by molar-refractivity contribution is 0.181. The molecule has 0 amide bonds. The number of thioether (sulfide) groups is 1. The molecule has 0 aliphatic heterocycles. The maximum absolute atomic E-state index is 11.3. The number of benzene rings is 2. The Balaban J connectivity index is 2.22. The average Bonchev–Trinajstić information content (AvgIpc) is 2.29. The first kappa shape index (κ1) is 11.0. The summed E-state index contributed by atoms with van der Waals surface area (Å²) < 4.78 is 4.88. The molecule has 0 fully saturated rings.